The predicted octanol–water partition coefficient (Wildman–Crippen LogP) is 1.62. The number of carboxylic acids is 1. The van der Waals surface area contributed by atoms with Crippen LogP contribution in [0.25, 0.3) is 0 Å². The Kier molecular flexibility index (Phi) is 9.99. The highest BCUT2D eigenvalue weighted by Gasteiger charge is 2.19. The highest BCUT2D eigenvalue weighted by molar-refractivity contribution is 5.78. The molecule has 10 heteroatoms. The van der Waals surface area contributed by atoms with Crippen LogP contribution >= 0.6 is 0 Å². The van der Waals surface area contributed by atoms with Gasteiger partial charge in [-0.15, -0.1) is 0 Å². The van der Waals surface area contributed by atoms with E-state index < -0.39 is 42.6 Å². The molecule has 0 aliphatic rings. The van der Waals surface area contributed by atoms with Gasteiger partial charge in [0, 0.05) is 13.3 Å². The lowest BCUT2D eigenvalue weighted by Crippen LogP contribution is -2.37. The van der Waals surface area contributed by atoms with Gasteiger partial charge in [0.2, 0.25) is 6.29 Å². The first kappa shape index (κ1) is 22.5. The van der Waals surface area contributed by atoms with Gasteiger partial charge >= 0.3 is 24.2 Å². The Bertz CT molecular complexity index is 470. The van der Waals surface area contributed by atoms with E-state index in [1.807, 2.05) is 0 Å². The van der Waals surface area contributed by atoms with Crippen molar-refractivity contribution in [2.24, 2.45) is 0 Å². The first-order valence-corrected chi connectivity index (χ1v) is 7.56. The molecule has 0 spiro atoms. The molecule has 0 aromatic heterocycles. The van der Waals surface area contributed by atoms with Crippen LogP contribution in [0, 0.1) is 6.92 Å². The van der Waals surface area contributed by atoms with E-state index in [9.17, 15) is 19.2 Å². The number of rotatable bonds is 10. The van der Waals surface area contributed by atoms with E-state index in [0.717, 1.165) is 0 Å². The number of hydrogen-bond donors (Lipinski definition) is 2. The Hall–Kier alpha value is -2.52. The Morgan fingerprint density at radius 3 is 2.36 bits per heavy atom. The van der Waals surface area contributed by atoms with Gasteiger partial charge < -0.3 is 29.4 Å². The topological polar surface area (TPSA) is 137 Å². The molecule has 25 heavy (non-hydrogen) atoms. The van der Waals surface area contributed by atoms with Crippen molar-refractivity contribution in [3.8, 4) is 0 Å². The van der Waals surface area contributed by atoms with Crippen LogP contribution in [0.15, 0.2) is 0 Å². The van der Waals surface area contributed by atoms with Gasteiger partial charge in [-0.3, -0.25) is 9.59 Å². The van der Waals surface area contributed by atoms with Gasteiger partial charge in [-0.05, 0) is 33.6 Å². The molecule has 0 aliphatic carbocycles. The fraction of sp³-hybridized carbons (Fsp3) is 0.667. The molecule has 0 aromatic carbocycles. The molecule has 1 unspecified atom stereocenters. The molecule has 0 saturated carbocycles. The van der Waals surface area contributed by atoms with Crippen LogP contribution in [0.1, 0.15) is 40.0 Å². The summed E-state index contributed by atoms with van der Waals surface area (Å²) in [5, 5.41) is 10.6. The summed E-state index contributed by atoms with van der Waals surface area (Å²) >= 11 is 0. The van der Waals surface area contributed by atoms with Gasteiger partial charge in [-0.2, -0.15) is 0 Å². The average Bonchev–Trinajstić information content (AvgIpc) is 2.42. The van der Waals surface area contributed by atoms with Crippen LogP contribution < -0.4 is 5.32 Å². The molecule has 1 amide bonds. The molecule has 2 N–H and O–H groups in total. The predicted molar refractivity (Wildman–Crippen MR) is 83.4 cm³/mol. The maximum absolute atomic E-state index is 11.5. The zero-order valence-electron chi connectivity index (χ0n) is 14.5. The SMILES string of the molecule is [CH2]C(C)(C)OC(=O)NCC(=O)OC(C)OC(=O)OCCCCC(=O)O. The highest BCUT2D eigenvalue weighted by Crippen LogP contribution is 2.05. The highest BCUT2D eigenvalue weighted by atomic mass is 16.8. The summed E-state index contributed by atoms with van der Waals surface area (Å²) in [5.74, 6) is -1.78. The van der Waals surface area contributed by atoms with E-state index in [1.54, 1.807) is 13.8 Å². The number of nitrogens with one attached hydrogen (secondary N) is 1. The number of carboxylic acid groups (broad SMARTS) is 1. The molecule has 0 rings (SSSR count). The standard InChI is InChI=1S/C15H24NO9/c1-10(24-14(21)22-8-6-5-7-11(17)18)23-12(19)9-16-13(20)25-15(2,3)4/h10H,2,5-9H2,1,3-4H3,(H,16,20)(H,17,18). The lowest BCUT2D eigenvalue weighted by Gasteiger charge is -2.19. The molecule has 0 saturated heterocycles. The first-order chi connectivity index (χ1) is 11.5. The van der Waals surface area contributed by atoms with Crippen molar-refractivity contribution < 1.29 is 43.2 Å². The van der Waals surface area contributed by atoms with Crippen molar-refractivity contribution in [3.63, 3.8) is 0 Å². The van der Waals surface area contributed by atoms with Crippen molar-refractivity contribution in [3.05, 3.63) is 6.92 Å². The second-order valence-electron chi connectivity index (χ2n) is 5.63. The minimum Gasteiger partial charge on any atom is -0.481 e. The van der Waals surface area contributed by atoms with Crippen molar-refractivity contribution in [1.29, 1.82) is 0 Å². The number of amides is 1. The summed E-state index contributed by atoms with van der Waals surface area (Å²) < 4.78 is 18.9. The smallest absolute Gasteiger partial charge is 0.481 e. The Morgan fingerprint density at radius 2 is 1.80 bits per heavy atom. The summed E-state index contributed by atoms with van der Waals surface area (Å²) in [5.41, 5.74) is -0.946. The molecule has 1 atom stereocenters. The third-order valence-electron chi connectivity index (χ3n) is 2.31. The Morgan fingerprint density at radius 1 is 1.16 bits per heavy atom. The van der Waals surface area contributed by atoms with Crippen LogP contribution in [0.4, 0.5) is 9.59 Å². The van der Waals surface area contributed by atoms with E-state index in [4.69, 9.17) is 14.6 Å². The molecule has 0 fully saturated rings. The number of esters is 1. The van der Waals surface area contributed by atoms with Crippen LogP contribution in [0.2, 0.25) is 0 Å². The summed E-state index contributed by atoms with van der Waals surface area (Å²) in [6, 6.07) is 0. The van der Waals surface area contributed by atoms with Crippen LogP contribution in [0.5, 0.6) is 0 Å². The van der Waals surface area contributed by atoms with Crippen LogP contribution in [-0.4, -0.2) is 54.3 Å². The summed E-state index contributed by atoms with van der Waals surface area (Å²) in [6.07, 6.45) is -2.41. The quantitative estimate of drug-likeness (QED) is 0.257. The monoisotopic (exact) mass is 362 g/mol. The number of carbonyl (C=O) groups is 4. The normalized spacial score (nSPS) is 11.8. The van der Waals surface area contributed by atoms with Crippen molar-refractivity contribution in [1.82, 2.24) is 5.32 Å². The minimum absolute atomic E-state index is 0.0129. The number of ether oxygens (including phenoxy) is 4. The average molecular weight is 362 g/mol. The van der Waals surface area contributed by atoms with Gasteiger partial charge in [0.15, 0.2) is 0 Å². The zero-order chi connectivity index (χ0) is 19.5. The molecule has 1 radical (unpaired) electrons. The summed E-state index contributed by atoms with van der Waals surface area (Å²) in [4.78, 5) is 44.4. The van der Waals surface area contributed by atoms with E-state index in [2.05, 4.69) is 21.7 Å². The van der Waals surface area contributed by atoms with Gasteiger partial charge in [0.1, 0.15) is 12.1 Å². The van der Waals surface area contributed by atoms with Gasteiger partial charge in [-0.25, -0.2) is 9.59 Å². The van der Waals surface area contributed by atoms with E-state index in [1.165, 1.54) is 6.92 Å². The molecule has 0 aromatic rings. The van der Waals surface area contributed by atoms with E-state index in [-0.39, 0.29) is 13.0 Å². The minimum atomic E-state index is -1.22. The lowest BCUT2D eigenvalue weighted by atomic mass is 10.2. The largest absolute Gasteiger partial charge is 0.511 e. The maximum atomic E-state index is 11.5. The second-order valence-corrected chi connectivity index (χ2v) is 5.63. The number of hydrogen-bond acceptors (Lipinski definition) is 8. The van der Waals surface area contributed by atoms with Crippen LogP contribution in [0.3, 0.4) is 0 Å². The molecule has 0 aliphatic heterocycles. The molecular formula is C15H24NO9. The Labute approximate surface area is 145 Å². The third-order valence-corrected chi connectivity index (χ3v) is 2.31. The molecule has 143 valence electrons. The fourth-order valence-corrected chi connectivity index (χ4v) is 1.39. The van der Waals surface area contributed by atoms with Gasteiger partial charge in [0.05, 0.1) is 6.61 Å². The summed E-state index contributed by atoms with van der Waals surface area (Å²) in [7, 11) is 0. The number of alkyl carbamates (subject to hydrolysis) is 1. The molecule has 0 bridgehead atoms. The fourth-order valence-electron chi connectivity index (χ4n) is 1.39. The number of carbonyl (C=O) groups excluding carboxylic acids is 3. The van der Waals surface area contributed by atoms with Crippen LogP contribution in [-0.2, 0) is 28.5 Å². The third kappa shape index (κ3) is 14.8. The number of aliphatic carboxylic acids is 1. The van der Waals surface area contributed by atoms with E-state index >= 15 is 0 Å². The summed E-state index contributed by atoms with van der Waals surface area (Å²) in [6.45, 7) is 7.49. The molecule has 10 nitrogen and oxygen atoms in total. The molecular weight excluding hydrogens is 338 g/mol. The van der Waals surface area contributed by atoms with Gasteiger partial charge in [0.25, 0.3) is 0 Å². The molecule has 0 heterocycles. The second kappa shape index (κ2) is 11.1. The van der Waals surface area contributed by atoms with Crippen molar-refractivity contribution in [2.75, 3.05) is 13.2 Å². The lowest BCUT2D eigenvalue weighted by molar-refractivity contribution is -0.166. The van der Waals surface area contributed by atoms with E-state index in [0.29, 0.717) is 12.8 Å². The maximum Gasteiger partial charge on any atom is 0.511 e. The number of unbranched alkanes of at least 4 members (excludes halogenated alkanes) is 1. The van der Waals surface area contributed by atoms with Crippen molar-refractivity contribution >= 4 is 24.2 Å². The zero-order valence-corrected chi connectivity index (χ0v) is 14.5. The van der Waals surface area contributed by atoms with Gasteiger partial charge in [-0.1, -0.05) is 0 Å². The Balaban J connectivity index is 3.87. The van der Waals surface area contributed by atoms with Crippen molar-refractivity contribution in [2.45, 2.75) is 51.9 Å². The first-order valence-electron chi connectivity index (χ1n) is 7.56.